The number of aliphatic carboxylic acids is 1. The molecule has 110 valence electrons. The molecule has 1 fully saturated rings. The lowest BCUT2D eigenvalue weighted by molar-refractivity contribution is -0.154. The fraction of sp³-hybridized carbons (Fsp3) is 0.833. The summed E-state index contributed by atoms with van der Waals surface area (Å²) in [4.78, 5) is 24.1. The van der Waals surface area contributed by atoms with Crippen molar-refractivity contribution in [2.45, 2.75) is 25.4 Å². The van der Waals surface area contributed by atoms with E-state index in [-0.39, 0.29) is 19.2 Å². The van der Waals surface area contributed by atoms with E-state index in [0.717, 1.165) is 25.9 Å². The number of carboxylic acid groups (broad SMARTS) is 1. The number of rotatable bonds is 7. The van der Waals surface area contributed by atoms with Gasteiger partial charge in [-0.05, 0) is 19.3 Å². The summed E-state index contributed by atoms with van der Waals surface area (Å²) in [6.07, 6.45) is 1.95. The van der Waals surface area contributed by atoms with Crippen LogP contribution in [0.25, 0.3) is 0 Å². The third kappa shape index (κ3) is 5.89. The molecule has 2 N–H and O–H groups in total. The van der Waals surface area contributed by atoms with Gasteiger partial charge in [0.2, 0.25) is 0 Å². The van der Waals surface area contributed by atoms with Gasteiger partial charge in [-0.25, -0.2) is 9.59 Å². The van der Waals surface area contributed by atoms with Crippen LogP contribution in [0.3, 0.4) is 0 Å². The van der Waals surface area contributed by atoms with Crippen molar-refractivity contribution in [1.29, 1.82) is 0 Å². The Morgan fingerprint density at radius 2 is 2.21 bits per heavy atom. The molecule has 7 heteroatoms. The second-order valence-corrected chi connectivity index (χ2v) is 4.43. The molecule has 0 saturated carbocycles. The molecule has 1 heterocycles. The summed E-state index contributed by atoms with van der Waals surface area (Å²) in [5.74, 6) is -1.03. The summed E-state index contributed by atoms with van der Waals surface area (Å²) in [7, 11) is 1.67. The van der Waals surface area contributed by atoms with Gasteiger partial charge in [0.05, 0.1) is 13.2 Å². The molecule has 1 aliphatic rings. The van der Waals surface area contributed by atoms with E-state index in [9.17, 15) is 9.59 Å². The average Bonchev–Trinajstić information content (AvgIpc) is 2.42. The Morgan fingerprint density at radius 3 is 2.89 bits per heavy atom. The van der Waals surface area contributed by atoms with Crippen LogP contribution in [0.5, 0.6) is 0 Å². The Morgan fingerprint density at radius 1 is 1.42 bits per heavy atom. The van der Waals surface area contributed by atoms with E-state index < -0.39 is 12.1 Å². The first-order valence-corrected chi connectivity index (χ1v) is 6.51. The lowest BCUT2D eigenvalue weighted by Crippen LogP contribution is -2.51. The van der Waals surface area contributed by atoms with Crippen molar-refractivity contribution in [3.05, 3.63) is 0 Å². The monoisotopic (exact) mass is 274 g/mol. The number of unbranched alkanes of at least 4 members (excludes halogenated alkanes) is 2. The van der Waals surface area contributed by atoms with Crippen molar-refractivity contribution < 1.29 is 24.2 Å². The molecule has 1 unspecified atom stereocenters. The van der Waals surface area contributed by atoms with Crippen LogP contribution < -0.4 is 5.32 Å². The molecular formula is C12H22N2O5. The van der Waals surface area contributed by atoms with E-state index in [1.54, 1.807) is 7.11 Å². The summed E-state index contributed by atoms with van der Waals surface area (Å²) in [6.45, 7) is 2.12. The van der Waals surface area contributed by atoms with Crippen LogP contribution >= 0.6 is 0 Å². The van der Waals surface area contributed by atoms with Gasteiger partial charge in [-0.2, -0.15) is 0 Å². The van der Waals surface area contributed by atoms with Crippen LogP contribution in [0, 0.1) is 0 Å². The van der Waals surface area contributed by atoms with Crippen LogP contribution in [-0.2, 0) is 14.3 Å². The van der Waals surface area contributed by atoms with E-state index in [0.29, 0.717) is 13.1 Å². The summed E-state index contributed by atoms with van der Waals surface area (Å²) in [5, 5.41) is 11.6. The Bertz CT molecular complexity index is 298. The first kappa shape index (κ1) is 15.7. The molecular weight excluding hydrogens is 252 g/mol. The lowest BCUT2D eigenvalue weighted by Gasteiger charge is -2.30. The average molecular weight is 274 g/mol. The first-order valence-electron chi connectivity index (χ1n) is 6.51. The maximum Gasteiger partial charge on any atom is 0.334 e. The van der Waals surface area contributed by atoms with Gasteiger partial charge in [0.1, 0.15) is 0 Å². The minimum atomic E-state index is -1.03. The van der Waals surface area contributed by atoms with Crippen molar-refractivity contribution in [2.24, 2.45) is 0 Å². The van der Waals surface area contributed by atoms with E-state index in [1.807, 2.05) is 0 Å². The van der Waals surface area contributed by atoms with Crippen LogP contribution in [0.15, 0.2) is 0 Å². The van der Waals surface area contributed by atoms with Gasteiger partial charge in [0, 0.05) is 26.8 Å². The van der Waals surface area contributed by atoms with Gasteiger partial charge in [-0.1, -0.05) is 0 Å². The van der Waals surface area contributed by atoms with Crippen LogP contribution in [-0.4, -0.2) is 68.1 Å². The van der Waals surface area contributed by atoms with Gasteiger partial charge in [0.25, 0.3) is 0 Å². The molecule has 0 bridgehead atoms. The predicted molar refractivity (Wildman–Crippen MR) is 68.1 cm³/mol. The van der Waals surface area contributed by atoms with E-state index in [2.05, 4.69) is 5.32 Å². The first-order chi connectivity index (χ1) is 9.15. The van der Waals surface area contributed by atoms with Crippen molar-refractivity contribution in [1.82, 2.24) is 10.2 Å². The number of morpholine rings is 1. The highest BCUT2D eigenvalue weighted by molar-refractivity contribution is 5.77. The number of carbonyl (C=O) groups is 2. The molecule has 0 aliphatic carbocycles. The highest BCUT2D eigenvalue weighted by atomic mass is 16.5. The number of carbonyl (C=O) groups excluding carboxylic acids is 1. The van der Waals surface area contributed by atoms with Crippen molar-refractivity contribution in [3.8, 4) is 0 Å². The zero-order valence-corrected chi connectivity index (χ0v) is 11.3. The maximum absolute atomic E-state index is 11.8. The molecule has 0 aromatic carbocycles. The van der Waals surface area contributed by atoms with E-state index in [4.69, 9.17) is 14.6 Å². The number of nitrogens with one attached hydrogen (secondary N) is 1. The third-order valence-electron chi connectivity index (χ3n) is 2.93. The zero-order valence-electron chi connectivity index (χ0n) is 11.3. The highest BCUT2D eigenvalue weighted by Gasteiger charge is 2.28. The zero-order chi connectivity index (χ0) is 14.1. The molecule has 1 rings (SSSR count). The molecule has 0 radical (unpaired) electrons. The van der Waals surface area contributed by atoms with Gasteiger partial charge >= 0.3 is 12.0 Å². The Labute approximate surface area is 112 Å². The molecule has 19 heavy (non-hydrogen) atoms. The molecule has 0 aromatic rings. The third-order valence-corrected chi connectivity index (χ3v) is 2.93. The fourth-order valence-corrected chi connectivity index (χ4v) is 1.84. The van der Waals surface area contributed by atoms with Crippen LogP contribution in [0.4, 0.5) is 4.79 Å². The van der Waals surface area contributed by atoms with Crippen LogP contribution in [0.2, 0.25) is 0 Å². The number of carboxylic acids is 1. The van der Waals surface area contributed by atoms with Crippen molar-refractivity contribution in [3.63, 3.8) is 0 Å². The van der Waals surface area contributed by atoms with E-state index in [1.165, 1.54) is 4.90 Å². The molecule has 7 nitrogen and oxygen atoms in total. The largest absolute Gasteiger partial charge is 0.479 e. The fourth-order valence-electron chi connectivity index (χ4n) is 1.84. The summed E-state index contributed by atoms with van der Waals surface area (Å²) >= 11 is 0. The quantitative estimate of drug-likeness (QED) is 0.652. The molecule has 1 atom stereocenters. The number of hydrogen-bond acceptors (Lipinski definition) is 4. The van der Waals surface area contributed by atoms with Gasteiger partial charge in [-0.3, -0.25) is 0 Å². The number of ether oxygens (including phenoxy) is 2. The molecule has 0 spiro atoms. The Hall–Kier alpha value is -1.34. The number of hydrogen-bond donors (Lipinski definition) is 2. The lowest BCUT2D eigenvalue weighted by atomic mass is 10.2. The number of nitrogens with zero attached hydrogens (tertiary/aromatic N) is 1. The Kier molecular flexibility index (Phi) is 7.20. The van der Waals surface area contributed by atoms with E-state index >= 15 is 0 Å². The Balaban J connectivity index is 2.16. The second kappa shape index (κ2) is 8.71. The number of methoxy groups -OCH3 is 1. The van der Waals surface area contributed by atoms with Gasteiger partial charge in [0.15, 0.2) is 6.10 Å². The van der Waals surface area contributed by atoms with Gasteiger partial charge in [-0.15, -0.1) is 0 Å². The minimum Gasteiger partial charge on any atom is -0.479 e. The summed E-state index contributed by atoms with van der Waals surface area (Å²) < 4.78 is 9.99. The topological polar surface area (TPSA) is 88.1 Å². The predicted octanol–water partition coefficient (Wildman–Crippen LogP) is 0.298. The van der Waals surface area contributed by atoms with Gasteiger partial charge < -0.3 is 24.8 Å². The normalized spacial score (nSPS) is 19.2. The minimum absolute atomic E-state index is 0.102. The highest BCUT2D eigenvalue weighted by Crippen LogP contribution is 2.05. The molecule has 2 amide bonds. The molecule has 1 aliphatic heterocycles. The molecule has 0 aromatic heterocycles. The standard InChI is InChI=1S/C12H22N2O5/c1-18-7-4-2-3-5-13-12(17)14-6-8-19-10(9-14)11(15)16/h10H,2-9H2,1H3,(H,13,17)(H,15,16). The second-order valence-electron chi connectivity index (χ2n) is 4.43. The number of amides is 2. The maximum atomic E-state index is 11.8. The van der Waals surface area contributed by atoms with Crippen molar-refractivity contribution >= 4 is 12.0 Å². The smallest absolute Gasteiger partial charge is 0.334 e. The van der Waals surface area contributed by atoms with Crippen molar-refractivity contribution in [2.75, 3.05) is 40.0 Å². The van der Waals surface area contributed by atoms with Crippen LogP contribution in [0.1, 0.15) is 19.3 Å². The number of urea groups is 1. The molecule has 1 saturated heterocycles. The SMILES string of the molecule is COCCCCCNC(=O)N1CCOC(C(=O)O)C1. The summed E-state index contributed by atoms with van der Waals surface area (Å²) in [5.41, 5.74) is 0. The summed E-state index contributed by atoms with van der Waals surface area (Å²) in [6, 6.07) is -0.221.